The van der Waals surface area contributed by atoms with Gasteiger partial charge in [0.1, 0.15) is 53.1 Å². The third kappa shape index (κ3) is 62.7. The van der Waals surface area contributed by atoms with Gasteiger partial charge >= 0.3 is 18.0 Å². The van der Waals surface area contributed by atoms with Crippen LogP contribution in [0.1, 0.15) is 203 Å². The predicted molar refractivity (Wildman–Crippen MR) is 417 cm³/mol. The molecule has 0 saturated carbocycles. The van der Waals surface area contributed by atoms with Crippen LogP contribution in [0.5, 0.6) is 11.5 Å². The molecule has 111 heavy (non-hydrogen) atoms. The lowest BCUT2D eigenvalue weighted by molar-refractivity contribution is -0.157. The summed E-state index contributed by atoms with van der Waals surface area (Å²) < 4.78 is 70.6. The second-order valence-electron chi connectivity index (χ2n) is 29.0. The van der Waals surface area contributed by atoms with E-state index < -0.39 is 35.0 Å². The third-order valence-corrected chi connectivity index (χ3v) is 15.0. The van der Waals surface area contributed by atoms with Crippen molar-refractivity contribution in [3.63, 3.8) is 0 Å². The zero-order chi connectivity index (χ0) is 82.4. The molecular weight excluding hydrogens is 1440 g/mol. The average Bonchev–Trinajstić information content (AvgIpc) is 0.877. The minimum absolute atomic E-state index is 0.0533. The number of ether oxygens (including phenoxy) is 13. The molecule has 0 aliphatic carbocycles. The first-order valence-corrected chi connectivity index (χ1v) is 39.3. The van der Waals surface area contributed by atoms with Crippen molar-refractivity contribution in [2.45, 2.75) is 233 Å². The molecule has 2 aromatic carbocycles. The summed E-state index contributed by atoms with van der Waals surface area (Å²) in [6.45, 7) is 27.1. The largest absolute Gasteiger partial charge is 0.492 e. The van der Waals surface area contributed by atoms with Gasteiger partial charge in [0, 0.05) is 123 Å². The molecule has 0 saturated heterocycles. The second kappa shape index (κ2) is 62.9. The van der Waals surface area contributed by atoms with Gasteiger partial charge in [-0.15, -0.1) is 0 Å². The molecule has 5 amide bonds. The summed E-state index contributed by atoms with van der Waals surface area (Å²) in [5.41, 5.74) is 5.57. The van der Waals surface area contributed by atoms with Crippen LogP contribution in [-0.4, -0.2) is 239 Å². The third-order valence-electron chi connectivity index (χ3n) is 15.0. The number of alkyl carbamates (subject to hydrolysis) is 1. The van der Waals surface area contributed by atoms with E-state index in [0.717, 1.165) is 24.0 Å². The molecule has 30 heteroatoms. The van der Waals surface area contributed by atoms with Crippen LogP contribution in [0.15, 0.2) is 48.5 Å². The van der Waals surface area contributed by atoms with Gasteiger partial charge in [0.15, 0.2) is 11.6 Å². The molecule has 0 spiro atoms. The number of rotatable bonds is 65. The van der Waals surface area contributed by atoms with E-state index in [2.05, 4.69) is 26.6 Å². The zero-order valence-corrected chi connectivity index (χ0v) is 68.3. The van der Waals surface area contributed by atoms with Crippen LogP contribution in [0.3, 0.4) is 0 Å². The second-order valence-corrected chi connectivity index (χ2v) is 29.0. The molecule has 632 valence electrons. The molecule has 0 aromatic heterocycles. The maximum Gasteiger partial charge on any atom is 0.407 e. The van der Waals surface area contributed by atoms with E-state index in [1.54, 1.807) is 32.9 Å². The first-order valence-electron chi connectivity index (χ1n) is 39.3. The minimum atomic E-state index is -0.743. The van der Waals surface area contributed by atoms with E-state index in [0.29, 0.717) is 122 Å². The van der Waals surface area contributed by atoms with Crippen molar-refractivity contribution < 1.29 is 114 Å². The van der Waals surface area contributed by atoms with Crippen molar-refractivity contribution in [2.75, 3.05) is 145 Å². The Morgan fingerprint density at radius 2 is 0.649 bits per heavy atom. The highest BCUT2D eigenvalue weighted by atomic mass is 16.6. The predicted octanol–water partition coefficient (Wildman–Crippen LogP) is 8.06. The molecule has 2 rings (SSSR count). The molecule has 0 aliphatic rings. The molecule has 7 N–H and O–H groups in total. The van der Waals surface area contributed by atoms with Crippen LogP contribution in [0.4, 0.5) is 4.79 Å². The number of hydrogen-bond donors (Lipinski definition) is 6. The summed E-state index contributed by atoms with van der Waals surface area (Å²) in [4.78, 5) is 135. The van der Waals surface area contributed by atoms with E-state index in [4.69, 9.17) is 67.3 Å². The number of amides is 5. The molecule has 0 fully saturated rings. The van der Waals surface area contributed by atoms with Crippen molar-refractivity contribution in [3.8, 4) is 11.5 Å². The Bertz CT molecular complexity index is 2920. The van der Waals surface area contributed by atoms with Crippen LogP contribution >= 0.6 is 0 Å². The van der Waals surface area contributed by atoms with Crippen LogP contribution in [0.25, 0.3) is 0 Å². The highest BCUT2D eigenvalue weighted by Crippen LogP contribution is 2.18. The molecule has 2 aromatic rings. The summed E-state index contributed by atoms with van der Waals surface area (Å²) in [5.74, 6) is -0.381. The van der Waals surface area contributed by atoms with Gasteiger partial charge < -0.3 is 93.9 Å². The molecule has 30 nitrogen and oxygen atoms in total. The fourth-order valence-electron chi connectivity index (χ4n) is 9.72. The smallest absolute Gasteiger partial charge is 0.407 e. The Balaban J connectivity index is 0.00000112. The van der Waals surface area contributed by atoms with Crippen LogP contribution in [-0.2, 0) is 113 Å². The topological polar surface area (TPSA) is 394 Å². The first-order chi connectivity index (χ1) is 52.9. The normalized spacial score (nSPS) is 11.9. The maximum absolute atomic E-state index is 13.3. The van der Waals surface area contributed by atoms with E-state index in [-0.39, 0.29) is 209 Å². The van der Waals surface area contributed by atoms with Crippen LogP contribution in [0.2, 0.25) is 0 Å². The van der Waals surface area contributed by atoms with Crippen molar-refractivity contribution >= 4 is 64.8 Å². The van der Waals surface area contributed by atoms with Gasteiger partial charge in [-0.1, -0.05) is 38.1 Å². The highest BCUT2D eigenvalue weighted by molar-refractivity contribution is 5.90. The van der Waals surface area contributed by atoms with E-state index in [9.17, 15) is 52.7 Å². The Morgan fingerprint density at radius 1 is 0.333 bits per heavy atom. The van der Waals surface area contributed by atoms with Crippen molar-refractivity contribution in [2.24, 2.45) is 5.73 Å². The highest BCUT2D eigenvalue weighted by Gasteiger charge is 2.24. The number of benzene rings is 2. The van der Waals surface area contributed by atoms with Crippen molar-refractivity contribution in [1.82, 2.24) is 26.6 Å². The maximum atomic E-state index is 13.3. The van der Waals surface area contributed by atoms with Crippen LogP contribution in [0, 0.1) is 0 Å². The Kier molecular flexibility index (Phi) is 57.5. The summed E-state index contributed by atoms with van der Waals surface area (Å²) in [6.07, 6.45) is 6.45. The lowest BCUT2D eigenvalue weighted by Gasteiger charge is -2.19. The van der Waals surface area contributed by atoms with Crippen molar-refractivity contribution in [3.05, 3.63) is 59.7 Å². The molecule has 0 heterocycles. The monoisotopic (exact) mass is 1570 g/mol. The Hall–Kier alpha value is -7.55. The van der Waals surface area contributed by atoms with E-state index >= 15 is 0 Å². The number of esters is 2. The van der Waals surface area contributed by atoms with Gasteiger partial charge in [-0.05, 0) is 149 Å². The number of nitrogens with one attached hydrogen (secondary N) is 5. The van der Waals surface area contributed by atoms with Gasteiger partial charge in [0.05, 0.1) is 97.5 Å². The SMILES string of the molecule is CCCOCCC(=O)N[C@@H](Cc1ccc(OCCN)cc1)C(=O)CCCOCCC(=O)NCCOCCC(=O)CCCOCCC(=O)OC(C)(C)C.CCCOCCC(=O)N[C@@H](Cc1ccc(OCCNC(=O)OC(C)(C)C)cc1)C(=O)CCCOCCC(=O)NCCOCCC(=O)CCCOCCC(=O)OC(C)(C)C. The van der Waals surface area contributed by atoms with Crippen LogP contribution < -0.4 is 41.8 Å². The molecular formula is C81H134N6O24. The zero-order valence-electron chi connectivity index (χ0n) is 68.3. The summed E-state index contributed by atoms with van der Waals surface area (Å²) in [6, 6.07) is 13.1. The molecule has 0 radical (unpaired) electrons. The number of hydrogen-bond acceptors (Lipinski definition) is 25. The number of ketones is 4. The quantitative estimate of drug-likeness (QED) is 0.0207. The fraction of sp³-hybridized carbons (Fsp3) is 0.716. The first kappa shape index (κ1) is 101. The average molecular weight is 1580 g/mol. The summed E-state index contributed by atoms with van der Waals surface area (Å²) in [5, 5.41) is 13.9. The van der Waals surface area contributed by atoms with Gasteiger partial charge in [0.2, 0.25) is 23.6 Å². The molecule has 0 bridgehead atoms. The van der Waals surface area contributed by atoms with Gasteiger partial charge in [-0.25, -0.2) is 4.79 Å². The van der Waals surface area contributed by atoms with E-state index in [1.165, 1.54) is 0 Å². The number of carbonyl (C=O) groups is 11. The number of Topliss-reactive ketones (excluding diaryl/α,β-unsaturated/α-hetero) is 4. The molecule has 0 unspecified atom stereocenters. The standard InChI is InChI=1S/C43H71N3O13.C38H63N3O11/c1-8-23-53-28-19-39(50)46-36(32-33-13-15-35(16-14-33)57-31-22-45-41(52)59-43(5,6)7)37(48)12-10-25-54-27-18-38(49)44-21-30-56-26-17-34(47)11-9-24-55-29-20-40(51)58-42(2,3)4;1-5-20-47-25-16-36(45)41-33(29-30-10-12-32(13-11-30)51-27-18-39)34(43)9-7-22-48-24-15-35(44)40-19-28-50-23-14-31(42)8-6-21-49-26-17-37(46)52-38(2,3)4/h13-16,36H,8-12,17-32H2,1-7H3,(H,44,49)(H,45,52)(H,46,50);10-13,33H,5-9,14-29,39H2,1-4H3,(H,40,44)(H,41,45)/t36-;33-/m00/s1. The molecule has 2 atom stereocenters. The summed E-state index contributed by atoms with van der Waals surface area (Å²) >= 11 is 0. The minimum Gasteiger partial charge on any atom is -0.492 e. The summed E-state index contributed by atoms with van der Waals surface area (Å²) in [7, 11) is 0. The number of carbonyl (C=O) groups excluding carboxylic acids is 11. The number of nitrogens with two attached hydrogens (primary N) is 1. The van der Waals surface area contributed by atoms with Crippen molar-refractivity contribution in [1.29, 1.82) is 0 Å². The molecule has 0 aliphatic heterocycles. The van der Waals surface area contributed by atoms with Gasteiger partial charge in [0.25, 0.3) is 0 Å². The van der Waals surface area contributed by atoms with Gasteiger partial charge in [-0.2, -0.15) is 0 Å². The Labute approximate surface area is 658 Å². The fourth-order valence-corrected chi connectivity index (χ4v) is 9.72. The van der Waals surface area contributed by atoms with E-state index in [1.807, 2.05) is 91.8 Å². The lowest BCUT2D eigenvalue weighted by Crippen LogP contribution is -2.42. The lowest BCUT2D eigenvalue weighted by atomic mass is 9.99. The Morgan fingerprint density at radius 3 is 1.01 bits per heavy atom. The van der Waals surface area contributed by atoms with Gasteiger partial charge in [-0.3, -0.25) is 47.9 Å².